The first kappa shape index (κ1) is 22.3. The first-order valence-electron chi connectivity index (χ1n) is 10.1. The van der Waals surface area contributed by atoms with Crippen LogP contribution in [0.4, 0.5) is 0 Å². The minimum atomic E-state index is -1.81. The molecular weight excluding hydrogens is 386 g/mol. The van der Waals surface area contributed by atoms with Crippen LogP contribution in [0.1, 0.15) is 50.7 Å². The van der Waals surface area contributed by atoms with E-state index in [-0.39, 0.29) is 17.0 Å². The number of ether oxygens (including phenoxy) is 3. The van der Waals surface area contributed by atoms with Gasteiger partial charge in [-0.15, -0.1) is 0 Å². The highest BCUT2D eigenvalue weighted by Crippen LogP contribution is 2.45. The second kappa shape index (κ2) is 8.79. The Hall–Kier alpha value is -2.35. The molecule has 0 saturated heterocycles. The molecule has 7 heteroatoms. The molecule has 1 aliphatic heterocycles. The summed E-state index contributed by atoms with van der Waals surface area (Å²) in [4.78, 5) is 12.5. The van der Waals surface area contributed by atoms with Gasteiger partial charge in [-0.2, -0.15) is 0 Å². The fourth-order valence-corrected chi connectivity index (χ4v) is 3.93. The highest BCUT2D eigenvalue weighted by molar-refractivity contribution is 5.71. The van der Waals surface area contributed by atoms with E-state index in [0.717, 1.165) is 23.2 Å². The van der Waals surface area contributed by atoms with Crippen molar-refractivity contribution in [2.24, 2.45) is 5.41 Å². The molecule has 7 nitrogen and oxygen atoms in total. The van der Waals surface area contributed by atoms with Crippen LogP contribution in [-0.2, 0) is 11.2 Å². The standard InChI is InChI=1S/C23H31NO6/c1-23(2,3)21-10-14-9-20(30-8-6-7-28-4)19(29-5)11-15(14)17-12-18(25)16(22(26)27)13-24(17)21/h9,11-13,21-22,26-27H,6-8,10H2,1-5H3. The second-order valence-corrected chi connectivity index (χ2v) is 8.70. The zero-order chi connectivity index (χ0) is 22.1. The number of rotatable bonds is 7. The van der Waals surface area contributed by atoms with Gasteiger partial charge >= 0.3 is 0 Å². The molecule has 0 bridgehead atoms. The van der Waals surface area contributed by atoms with Crippen LogP contribution in [0.25, 0.3) is 11.3 Å². The first-order valence-corrected chi connectivity index (χ1v) is 10.1. The summed E-state index contributed by atoms with van der Waals surface area (Å²) in [5.41, 5.74) is 2.12. The van der Waals surface area contributed by atoms with Gasteiger partial charge in [-0.25, -0.2) is 0 Å². The molecule has 0 radical (unpaired) electrons. The van der Waals surface area contributed by atoms with Crippen molar-refractivity contribution in [3.8, 4) is 22.8 Å². The van der Waals surface area contributed by atoms with Gasteiger partial charge < -0.3 is 29.0 Å². The fourth-order valence-electron chi connectivity index (χ4n) is 3.93. The van der Waals surface area contributed by atoms with E-state index in [1.807, 2.05) is 16.7 Å². The van der Waals surface area contributed by atoms with Crippen LogP contribution in [0.5, 0.6) is 11.5 Å². The van der Waals surface area contributed by atoms with Crippen LogP contribution in [0.2, 0.25) is 0 Å². The highest BCUT2D eigenvalue weighted by Gasteiger charge is 2.34. The SMILES string of the molecule is COCCCOc1cc2c(cc1OC)-c1cc(=O)c(C(O)O)cn1C(C(C)(C)C)C2. The maximum atomic E-state index is 12.5. The third-order valence-electron chi connectivity index (χ3n) is 5.55. The molecule has 2 aromatic rings. The first-order chi connectivity index (χ1) is 14.2. The minimum Gasteiger partial charge on any atom is -0.493 e. The Kier molecular flexibility index (Phi) is 6.55. The third-order valence-corrected chi connectivity index (χ3v) is 5.55. The fraction of sp³-hybridized carbons (Fsp3) is 0.522. The lowest BCUT2D eigenvalue weighted by Crippen LogP contribution is -2.32. The molecular formula is C23H31NO6. The summed E-state index contributed by atoms with van der Waals surface area (Å²) in [6.45, 7) is 7.52. The Labute approximate surface area is 176 Å². The van der Waals surface area contributed by atoms with E-state index >= 15 is 0 Å². The Bertz CT molecular complexity index is 957. The molecule has 1 aromatic heterocycles. The van der Waals surface area contributed by atoms with E-state index in [0.29, 0.717) is 31.1 Å². The molecule has 0 spiro atoms. The molecule has 164 valence electrons. The molecule has 3 rings (SSSR count). The molecule has 0 amide bonds. The summed E-state index contributed by atoms with van der Waals surface area (Å²) in [5, 5.41) is 19.3. The summed E-state index contributed by atoms with van der Waals surface area (Å²) in [7, 11) is 3.25. The molecule has 30 heavy (non-hydrogen) atoms. The normalized spacial score (nSPS) is 15.7. The number of methoxy groups -OCH3 is 2. The van der Waals surface area contributed by atoms with Gasteiger partial charge in [0.15, 0.2) is 23.2 Å². The quantitative estimate of drug-likeness (QED) is 0.532. The summed E-state index contributed by atoms with van der Waals surface area (Å²) in [6.07, 6.45) is 1.25. The van der Waals surface area contributed by atoms with Crippen LogP contribution in [0.15, 0.2) is 29.2 Å². The number of nitrogens with zero attached hydrogens (tertiary/aromatic N) is 1. The van der Waals surface area contributed by atoms with Crippen LogP contribution in [-0.4, -0.2) is 42.2 Å². The van der Waals surface area contributed by atoms with E-state index in [2.05, 4.69) is 20.8 Å². The third kappa shape index (κ3) is 4.38. The number of aliphatic hydroxyl groups is 2. The van der Waals surface area contributed by atoms with Gasteiger partial charge in [0.2, 0.25) is 0 Å². The van der Waals surface area contributed by atoms with Crippen molar-refractivity contribution in [3.63, 3.8) is 0 Å². The van der Waals surface area contributed by atoms with Crippen molar-refractivity contribution >= 4 is 0 Å². The Morgan fingerprint density at radius 3 is 2.47 bits per heavy atom. The van der Waals surface area contributed by atoms with Crippen molar-refractivity contribution < 1.29 is 24.4 Å². The number of benzene rings is 1. The predicted molar refractivity (Wildman–Crippen MR) is 114 cm³/mol. The van der Waals surface area contributed by atoms with Gasteiger partial charge in [-0.05, 0) is 29.5 Å². The number of aliphatic hydroxyl groups excluding tert-OH is 1. The van der Waals surface area contributed by atoms with E-state index < -0.39 is 11.7 Å². The smallest absolute Gasteiger partial charge is 0.190 e. The average molecular weight is 418 g/mol. The van der Waals surface area contributed by atoms with E-state index in [4.69, 9.17) is 14.2 Å². The van der Waals surface area contributed by atoms with E-state index in [9.17, 15) is 15.0 Å². The topological polar surface area (TPSA) is 90.2 Å². The summed E-state index contributed by atoms with van der Waals surface area (Å²) < 4.78 is 18.5. The molecule has 0 saturated carbocycles. The van der Waals surface area contributed by atoms with Gasteiger partial charge in [0, 0.05) is 44.0 Å². The molecule has 2 heterocycles. The Morgan fingerprint density at radius 2 is 1.87 bits per heavy atom. The van der Waals surface area contributed by atoms with E-state index in [1.165, 1.54) is 6.07 Å². The van der Waals surface area contributed by atoms with Crippen LogP contribution in [0.3, 0.4) is 0 Å². The zero-order valence-electron chi connectivity index (χ0n) is 18.3. The summed E-state index contributed by atoms with van der Waals surface area (Å²) in [6, 6.07) is 5.38. The molecule has 1 aliphatic rings. The van der Waals surface area contributed by atoms with Gasteiger partial charge in [-0.1, -0.05) is 20.8 Å². The van der Waals surface area contributed by atoms with Crippen molar-refractivity contribution in [1.82, 2.24) is 4.57 Å². The van der Waals surface area contributed by atoms with Gasteiger partial charge in [0.05, 0.1) is 25.0 Å². The van der Waals surface area contributed by atoms with Crippen LogP contribution >= 0.6 is 0 Å². The van der Waals surface area contributed by atoms with Crippen molar-refractivity contribution in [2.75, 3.05) is 27.4 Å². The molecule has 1 atom stereocenters. The largest absolute Gasteiger partial charge is 0.493 e. The molecule has 1 aromatic carbocycles. The number of aromatic nitrogens is 1. The van der Waals surface area contributed by atoms with Crippen molar-refractivity contribution in [2.45, 2.75) is 45.9 Å². The predicted octanol–water partition coefficient (Wildman–Crippen LogP) is 3.07. The molecule has 0 aliphatic carbocycles. The zero-order valence-corrected chi connectivity index (χ0v) is 18.3. The lowest BCUT2D eigenvalue weighted by atomic mass is 9.78. The summed E-state index contributed by atoms with van der Waals surface area (Å²) >= 11 is 0. The minimum absolute atomic E-state index is 0.0211. The maximum absolute atomic E-state index is 12.5. The molecule has 0 fully saturated rings. The van der Waals surface area contributed by atoms with Gasteiger partial charge in [-0.3, -0.25) is 4.79 Å². The summed E-state index contributed by atoms with van der Waals surface area (Å²) in [5.74, 6) is 1.25. The van der Waals surface area contributed by atoms with Gasteiger partial charge in [0.25, 0.3) is 0 Å². The van der Waals surface area contributed by atoms with E-state index in [1.54, 1.807) is 20.4 Å². The maximum Gasteiger partial charge on any atom is 0.190 e. The lowest BCUT2D eigenvalue weighted by molar-refractivity contribution is -0.0438. The van der Waals surface area contributed by atoms with Gasteiger partial charge in [0.1, 0.15) is 0 Å². The number of hydrogen-bond acceptors (Lipinski definition) is 6. The average Bonchev–Trinajstić information content (AvgIpc) is 2.68. The number of pyridine rings is 1. The Morgan fingerprint density at radius 1 is 1.13 bits per heavy atom. The monoisotopic (exact) mass is 417 g/mol. The second-order valence-electron chi connectivity index (χ2n) is 8.70. The van der Waals surface area contributed by atoms with Crippen molar-refractivity contribution in [1.29, 1.82) is 0 Å². The molecule has 2 N–H and O–H groups in total. The lowest BCUT2D eigenvalue weighted by Gasteiger charge is -2.39. The number of fused-ring (bicyclic) bond motifs is 3. The Balaban J connectivity index is 2.13. The van der Waals surface area contributed by atoms with Crippen LogP contribution < -0.4 is 14.9 Å². The number of hydrogen-bond donors (Lipinski definition) is 2. The van der Waals surface area contributed by atoms with Crippen molar-refractivity contribution in [3.05, 3.63) is 45.7 Å². The highest BCUT2D eigenvalue weighted by atomic mass is 16.5. The van der Waals surface area contributed by atoms with Crippen LogP contribution in [0, 0.1) is 5.41 Å². The molecule has 1 unspecified atom stereocenters.